The molecule has 174 valence electrons. The number of hydrogen-bond donors (Lipinski definition) is 3. The fourth-order valence-corrected chi connectivity index (χ4v) is 4.47. The highest BCUT2D eigenvalue weighted by atomic mass is 31.2. The molecule has 1 atom stereocenters. The normalized spacial score (nSPS) is 16.3. The van der Waals surface area contributed by atoms with Gasteiger partial charge in [-0.25, -0.2) is 0 Å². The Morgan fingerprint density at radius 1 is 1.22 bits per heavy atom. The van der Waals surface area contributed by atoms with Crippen LogP contribution in [0.1, 0.15) is 48.9 Å². The molecule has 1 aliphatic heterocycles. The average Bonchev–Trinajstić information content (AvgIpc) is 3.16. The van der Waals surface area contributed by atoms with E-state index in [2.05, 4.69) is 47.6 Å². The van der Waals surface area contributed by atoms with Crippen LogP contribution in [0.15, 0.2) is 53.6 Å². The first-order chi connectivity index (χ1) is 15.4. The summed E-state index contributed by atoms with van der Waals surface area (Å²) in [5, 5.41) is 10.2. The number of aryl methyl sites for hydroxylation is 1. The fourth-order valence-electron chi connectivity index (χ4n) is 3.90. The summed E-state index contributed by atoms with van der Waals surface area (Å²) in [6, 6.07) is 16.9. The number of hydrogen-bond acceptors (Lipinski definition) is 5. The van der Waals surface area contributed by atoms with Crippen molar-refractivity contribution in [2.75, 3.05) is 25.9 Å². The molecule has 3 N–H and O–H groups in total. The number of nitrogens with one attached hydrogen (secondary N) is 1. The van der Waals surface area contributed by atoms with Crippen molar-refractivity contribution in [1.29, 1.82) is 0 Å². The molecule has 2 aromatic rings. The molecule has 0 saturated heterocycles. The van der Waals surface area contributed by atoms with E-state index in [4.69, 9.17) is 19.6 Å². The molecule has 0 saturated carbocycles. The second-order valence-electron chi connectivity index (χ2n) is 8.27. The van der Waals surface area contributed by atoms with Crippen molar-refractivity contribution in [3.63, 3.8) is 0 Å². The number of benzene rings is 2. The number of rotatable bonds is 12. The Labute approximate surface area is 190 Å². The van der Waals surface area contributed by atoms with Crippen LogP contribution in [-0.4, -0.2) is 46.4 Å². The lowest BCUT2D eigenvalue weighted by molar-refractivity contribution is 0.234. The van der Waals surface area contributed by atoms with E-state index in [1.807, 2.05) is 25.1 Å². The lowest BCUT2D eigenvalue weighted by Crippen LogP contribution is -2.20. The fraction of sp³-hybridized carbons (Fsp3) is 0.458. The van der Waals surface area contributed by atoms with E-state index >= 15 is 0 Å². The van der Waals surface area contributed by atoms with Gasteiger partial charge in [-0.05, 0) is 49.1 Å². The van der Waals surface area contributed by atoms with Crippen LogP contribution in [0.4, 0.5) is 0 Å². The summed E-state index contributed by atoms with van der Waals surface area (Å²) in [4.78, 5) is 17.8. The van der Waals surface area contributed by atoms with Crippen LogP contribution in [0.2, 0.25) is 0 Å². The van der Waals surface area contributed by atoms with E-state index in [0.717, 1.165) is 42.0 Å². The Morgan fingerprint density at radius 2 is 2.00 bits per heavy atom. The van der Waals surface area contributed by atoms with Gasteiger partial charge in [0, 0.05) is 19.5 Å². The minimum atomic E-state index is -3.91. The third-order valence-corrected chi connectivity index (χ3v) is 6.36. The quantitative estimate of drug-likeness (QED) is 0.325. The molecule has 1 aliphatic rings. The van der Waals surface area contributed by atoms with Gasteiger partial charge in [0.15, 0.2) is 0 Å². The molecule has 1 unspecified atom stereocenters. The summed E-state index contributed by atoms with van der Waals surface area (Å²) in [6.07, 6.45) is 2.29. The van der Waals surface area contributed by atoms with Gasteiger partial charge in [0.05, 0.1) is 17.9 Å². The van der Waals surface area contributed by atoms with Crippen LogP contribution < -0.4 is 10.1 Å². The van der Waals surface area contributed by atoms with Gasteiger partial charge in [-0.1, -0.05) is 49.4 Å². The maximum atomic E-state index is 10.9. The Hall–Kier alpha value is -2.18. The van der Waals surface area contributed by atoms with E-state index in [1.165, 1.54) is 5.56 Å². The van der Waals surface area contributed by atoms with Crippen LogP contribution in [0.3, 0.4) is 0 Å². The van der Waals surface area contributed by atoms with Gasteiger partial charge in [0.25, 0.3) is 0 Å². The zero-order valence-corrected chi connectivity index (χ0v) is 19.8. The molecule has 2 aromatic carbocycles. The Kier molecular flexibility index (Phi) is 8.88. The van der Waals surface area contributed by atoms with Gasteiger partial charge in [-0.2, -0.15) is 5.10 Å². The minimum absolute atomic E-state index is 0.0868. The Morgan fingerprint density at radius 3 is 2.69 bits per heavy atom. The van der Waals surface area contributed by atoms with Crippen LogP contribution in [-0.2, 0) is 11.1 Å². The molecular formula is C24H34N3O4P. The summed E-state index contributed by atoms with van der Waals surface area (Å²) in [7, 11) is -3.91. The van der Waals surface area contributed by atoms with E-state index in [9.17, 15) is 4.57 Å². The molecule has 1 heterocycles. The highest BCUT2D eigenvalue weighted by Gasteiger charge is 2.27. The molecule has 3 rings (SSSR count). The molecule has 0 aliphatic carbocycles. The second kappa shape index (κ2) is 11.6. The first kappa shape index (κ1) is 24.5. The summed E-state index contributed by atoms with van der Waals surface area (Å²) in [5.41, 5.74) is 4.52. The van der Waals surface area contributed by atoms with Crippen LogP contribution in [0.5, 0.6) is 5.75 Å². The summed E-state index contributed by atoms with van der Waals surface area (Å²) in [6.45, 7) is 6.82. The lowest BCUT2D eigenvalue weighted by atomic mass is 10.0. The Bertz CT molecular complexity index is 946. The van der Waals surface area contributed by atoms with Gasteiger partial charge in [-0.3, -0.25) is 9.57 Å². The summed E-state index contributed by atoms with van der Waals surface area (Å²) in [5.74, 6) is 0.850. The predicted octanol–water partition coefficient (Wildman–Crippen LogP) is 4.24. The molecular weight excluding hydrogens is 425 g/mol. The lowest BCUT2D eigenvalue weighted by Gasteiger charge is -2.23. The Balaban J connectivity index is 1.50. The van der Waals surface area contributed by atoms with Crippen molar-refractivity contribution in [2.45, 2.75) is 45.7 Å². The third-order valence-electron chi connectivity index (χ3n) is 5.46. The van der Waals surface area contributed by atoms with Crippen molar-refractivity contribution in [3.8, 4) is 5.75 Å². The van der Waals surface area contributed by atoms with Gasteiger partial charge in [-0.15, -0.1) is 0 Å². The first-order valence-corrected chi connectivity index (χ1v) is 13.0. The van der Waals surface area contributed by atoms with E-state index in [0.29, 0.717) is 26.1 Å². The molecule has 0 spiro atoms. The molecule has 0 amide bonds. The maximum Gasteiger partial charge on any atom is 0.325 e. The molecule has 0 fully saturated rings. The maximum absolute atomic E-state index is 10.9. The van der Waals surface area contributed by atoms with E-state index in [-0.39, 0.29) is 12.2 Å². The SMILES string of the molecule is CCCN1N=C(COc2ccc(CNCCCP(=O)(O)O)cc2C)CC1c1ccccc1. The smallest absolute Gasteiger partial charge is 0.325 e. The zero-order chi connectivity index (χ0) is 23.0. The highest BCUT2D eigenvalue weighted by Crippen LogP contribution is 2.34. The van der Waals surface area contributed by atoms with Gasteiger partial charge >= 0.3 is 7.60 Å². The van der Waals surface area contributed by atoms with Crippen molar-refractivity contribution >= 4 is 13.3 Å². The minimum Gasteiger partial charge on any atom is -0.487 e. The van der Waals surface area contributed by atoms with Crippen molar-refractivity contribution in [3.05, 3.63) is 65.2 Å². The van der Waals surface area contributed by atoms with Crippen LogP contribution >= 0.6 is 7.60 Å². The zero-order valence-electron chi connectivity index (χ0n) is 18.9. The number of nitrogens with zero attached hydrogens (tertiary/aromatic N) is 2. The largest absolute Gasteiger partial charge is 0.487 e. The molecule has 0 aromatic heterocycles. The van der Waals surface area contributed by atoms with Crippen LogP contribution in [0, 0.1) is 6.92 Å². The van der Waals surface area contributed by atoms with Crippen LogP contribution in [0.25, 0.3) is 0 Å². The third kappa shape index (κ3) is 7.45. The topological polar surface area (TPSA) is 94.4 Å². The number of hydrazone groups is 1. The summed E-state index contributed by atoms with van der Waals surface area (Å²) < 4.78 is 17.0. The standard InChI is InChI=1S/C24H34N3O4P/c1-3-13-27-23(21-8-5-4-6-9-21)16-22(26-27)18-31-24-11-10-20(15-19(24)2)17-25-12-7-14-32(28,29)30/h4-6,8-11,15,23,25H,3,7,12-14,16-18H2,1-2H3,(H2,28,29,30). The molecule has 32 heavy (non-hydrogen) atoms. The predicted molar refractivity (Wildman–Crippen MR) is 128 cm³/mol. The summed E-state index contributed by atoms with van der Waals surface area (Å²) >= 11 is 0. The number of ether oxygens (including phenoxy) is 1. The van der Waals surface area contributed by atoms with Crippen molar-refractivity contribution in [1.82, 2.24) is 10.3 Å². The van der Waals surface area contributed by atoms with E-state index < -0.39 is 7.60 Å². The van der Waals surface area contributed by atoms with Gasteiger partial charge in [0.2, 0.25) is 0 Å². The van der Waals surface area contributed by atoms with Crippen molar-refractivity contribution < 1.29 is 19.1 Å². The molecule has 0 radical (unpaired) electrons. The van der Waals surface area contributed by atoms with Gasteiger partial charge in [0.1, 0.15) is 12.4 Å². The molecule has 8 heteroatoms. The second-order valence-corrected chi connectivity index (χ2v) is 10.0. The molecule has 0 bridgehead atoms. The van der Waals surface area contributed by atoms with E-state index in [1.54, 1.807) is 0 Å². The average molecular weight is 460 g/mol. The van der Waals surface area contributed by atoms with Gasteiger partial charge < -0.3 is 19.8 Å². The highest BCUT2D eigenvalue weighted by molar-refractivity contribution is 7.51. The molecule has 7 nitrogen and oxygen atoms in total. The monoisotopic (exact) mass is 459 g/mol. The first-order valence-electron chi connectivity index (χ1n) is 11.2. The van der Waals surface area contributed by atoms with Crippen molar-refractivity contribution in [2.24, 2.45) is 5.10 Å².